The summed E-state index contributed by atoms with van der Waals surface area (Å²) in [5.74, 6) is -0.535. The molecule has 0 unspecified atom stereocenters. The summed E-state index contributed by atoms with van der Waals surface area (Å²) in [5, 5.41) is 3.15. The van der Waals surface area contributed by atoms with Crippen molar-refractivity contribution in [3.63, 3.8) is 0 Å². The molecule has 8 heteroatoms. The third kappa shape index (κ3) is 4.90. The zero-order chi connectivity index (χ0) is 20.8. The van der Waals surface area contributed by atoms with Gasteiger partial charge in [-0.05, 0) is 25.1 Å². The van der Waals surface area contributed by atoms with E-state index >= 15 is 0 Å². The number of piperazine rings is 1. The summed E-state index contributed by atoms with van der Waals surface area (Å²) in [7, 11) is 0. The summed E-state index contributed by atoms with van der Waals surface area (Å²) in [6.07, 6.45) is 3.11. The molecule has 1 aromatic carbocycles. The average molecular weight is 396 g/mol. The number of amides is 2. The minimum absolute atomic E-state index is 0.0187. The van der Waals surface area contributed by atoms with Gasteiger partial charge in [-0.1, -0.05) is 12.1 Å². The number of carbonyl (C=O) groups excluding carboxylic acids is 3. The van der Waals surface area contributed by atoms with Crippen molar-refractivity contribution in [2.75, 3.05) is 38.1 Å². The number of pyridine rings is 1. The van der Waals surface area contributed by atoms with Crippen molar-refractivity contribution >= 4 is 29.2 Å². The van der Waals surface area contributed by atoms with E-state index in [2.05, 4.69) is 10.3 Å². The number of aromatic nitrogens is 1. The number of hydrogen-bond acceptors (Lipinski definition) is 6. The van der Waals surface area contributed by atoms with Crippen LogP contribution < -0.4 is 5.32 Å². The van der Waals surface area contributed by atoms with Crippen LogP contribution in [0.15, 0.2) is 42.7 Å². The molecule has 0 radical (unpaired) electrons. The predicted octanol–water partition coefficient (Wildman–Crippen LogP) is 2.31. The molecule has 0 bridgehead atoms. The number of hydrogen-bond donors (Lipinski definition) is 1. The molecular weight excluding hydrogens is 372 g/mol. The van der Waals surface area contributed by atoms with E-state index in [0.717, 1.165) is 0 Å². The first-order chi connectivity index (χ1) is 14.0. The van der Waals surface area contributed by atoms with Crippen LogP contribution in [-0.4, -0.2) is 65.4 Å². The van der Waals surface area contributed by atoms with Gasteiger partial charge < -0.3 is 19.9 Å². The van der Waals surface area contributed by atoms with Gasteiger partial charge in [0.2, 0.25) is 5.91 Å². The van der Waals surface area contributed by atoms with E-state index in [1.165, 1.54) is 13.1 Å². The Balaban J connectivity index is 1.73. The molecule has 1 fully saturated rings. The summed E-state index contributed by atoms with van der Waals surface area (Å²) in [6, 6.07) is 8.71. The van der Waals surface area contributed by atoms with Crippen LogP contribution in [-0.2, 0) is 9.53 Å². The number of rotatable bonds is 5. The topological polar surface area (TPSA) is 91.8 Å². The average Bonchev–Trinajstić information content (AvgIpc) is 2.74. The highest BCUT2D eigenvalue weighted by Crippen LogP contribution is 2.22. The SMILES string of the molecule is CCOC(=O)c1ccccc1Nc1cncc(C(=O)N2CCN(C(C)=O)CC2)c1. The maximum Gasteiger partial charge on any atom is 0.340 e. The molecule has 1 aromatic heterocycles. The molecule has 1 aliphatic heterocycles. The normalized spacial score (nSPS) is 13.7. The van der Waals surface area contributed by atoms with E-state index in [4.69, 9.17) is 4.74 Å². The number of para-hydroxylation sites is 1. The van der Waals surface area contributed by atoms with Crippen LogP contribution in [0.2, 0.25) is 0 Å². The van der Waals surface area contributed by atoms with Crippen LogP contribution in [0, 0.1) is 0 Å². The first-order valence-electron chi connectivity index (χ1n) is 9.52. The van der Waals surface area contributed by atoms with Gasteiger partial charge in [-0.25, -0.2) is 4.79 Å². The highest BCUT2D eigenvalue weighted by molar-refractivity contribution is 5.97. The van der Waals surface area contributed by atoms with Gasteiger partial charge >= 0.3 is 5.97 Å². The van der Waals surface area contributed by atoms with Gasteiger partial charge in [-0.3, -0.25) is 14.6 Å². The Morgan fingerprint density at radius 1 is 1.07 bits per heavy atom. The van der Waals surface area contributed by atoms with Gasteiger partial charge in [0.1, 0.15) is 0 Å². The number of ether oxygens (including phenoxy) is 1. The lowest BCUT2D eigenvalue weighted by molar-refractivity contribution is -0.130. The number of carbonyl (C=O) groups is 3. The van der Waals surface area contributed by atoms with E-state index in [-0.39, 0.29) is 18.4 Å². The molecule has 0 saturated carbocycles. The number of benzene rings is 1. The van der Waals surface area contributed by atoms with Gasteiger partial charge in [0.15, 0.2) is 0 Å². The fraction of sp³-hybridized carbons (Fsp3) is 0.333. The monoisotopic (exact) mass is 396 g/mol. The van der Waals surface area contributed by atoms with E-state index in [1.54, 1.807) is 47.2 Å². The second-order valence-electron chi connectivity index (χ2n) is 6.65. The van der Waals surface area contributed by atoms with Gasteiger partial charge in [-0.2, -0.15) is 0 Å². The van der Waals surface area contributed by atoms with Gasteiger partial charge in [0.05, 0.1) is 35.3 Å². The molecule has 0 aliphatic carbocycles. The quantitative estimate of drug-likeness (QED) is 0.780. The summed E-state index contributed by atoms with van der Waals surface area (Å²) in [5.41, 5.74) is 2.02. The van der Waals surface area contributed by atoms with E-state index in [1.807, 2.05) is 6.07 Å². The van der Waals surface area contributed by atoms with E-state index in [0.29, 0.717) is 48.7 Å². The van der Waals surface area contributed by atoms with Gasteiger partial charge in [0, 0.05) is 39.3 Å². The van der Waals surface area contributed by atoms with Crippen molar-refractivity contribution in [3.05, 3.63) is 53.9 Å². The molecule has 1 saturated heterocycles. The number of anilines is 2. The van der Waals surface area contributed by atoms with Crippen molar-refractivity contribution in [3.8, 4) is 0 Å². The molecule has 29 heavy (non-hydrogen) atoms. The van der Waals surface area contributed by atoms with Crippen LogP contribution in [0.4, 0.5) is 11.4 Å². The number of nitrogens with one attached hydrogen (secondary N) is 1. The third-order valence-corrected chi connectivity index (χ3v) is 4.70. The lowest BCUT2D eigenvalue weighted by Crippen LogP contribution is -2.50. The Labute approximate surface area is 169 Å². The predicted molar refractivity (Wildman–Crippen MR) is 108 cm³/mol. The third-order valence-electron chi connectivity index (χ3n) is 4.70. The van der Waals surface area contributed by atoms with Crippen molar-refractivity contribution in [2.45, 2.75) is 13.8 Å². The lowest BCUT2D eigenvalue weighted by atomic mass is 10.1. The van der Waals surface area contributed by atoms with Crippen LogP contribution in [0.3, 0.4) is 0 Å². The van der Waals surface area contributed by atoms with Gasteiger partial charge in [-0.15, -0.1) is 0 Å². The standard InChI is InChI=1S/C21H24N4O4/c1-3-29-21(28)18-6-4-5-7-19(18)23-17-12-16(13-22-14-17)20(27)25-10-8-24(9-11-25)15(2)26/h4-7,12-14,23H,3,8-11H2,1-2H3. The summed E-state index contributed by atoms with van der Waals surface area (Å²) in [4.78, 5) is 44.0. The molecule has 2 aromatic rings. The zero-order valence-electron chi connectivity index (χ0n) is 16.6. The molecule has 152 valence electrons. The van der Waals surface area contributed by atoms with Crippen molar-refractivity contribution in [2.24, 2.45) is 0 Å². The Hall–Kier alpha value is -3.42. The molecule has 2 amide bonds. The maximum atomic E-state index is 12.8. The lowest BCUT2D eigenvalue weighted by Gasteiger charge is -2.34. The molecule has 8 nitrogen and oxygen atoms in total. The van der Waals surface area contributed by atoms with Crippen molar-refractivity contribution in [1.82, 2.24) is 14.8 Å². The van der Waals surface area contributed by atoms with Crippen LogP contribution in [0.5, 0.6) is 0 Å². The fourth-order valence-corrected chi connectivity index (χ4v) is 3.17. The van der Waals surface area contributed by atoms with E-state index < -0.39 is 5.97 Å². The fourth-order valence-electron chi connectivity index (χ4n) is 3.17. The summed E-state index contributed by atoms with van der Waals surface area (Å²) < 4.78 is 5.09. The molecule has 0 spiro atoms. The molecule has 3 rings (SSSR count). The van der Waals surface area contributed by atoms with Crippen molar-refractivity contribution < 1.29 is 19.1 Å². The Morgan fingerprint density at radius 3 is 2.45 bits per heavy atom. The Kier molecular flexibility index (Phi) is 6.43. The van der Waals surface area contributed by atoms with Crippen LogP contribution in [0.1, 0.15) is 34.6 Å². The van der Waals surface area contributed by atoms with Crippen LogP contribution >= 0.6 is 0 Å². The molecular formula is C21H24N4O4. The summed E-state index contributed by atoms with van der Waals surface area (Å²) in [6.45, 7) is 5.60. The zero-order valence-corrected chi connectivity index (χ0v) is 16.6. The highest BCUT2D eigenvalue weighted by atomic mass is 16.5. The van der Waals surface area contributed by atoms with Crippen molar-refractivity contribution in [1.29, 1.82) is 0 Å². The first-order valence-corrected chi connectivity index (χ1v) is 9.52. The second kappa shape index (κ2) is 9.18. The maximum absolute atomic E-state index is 12.8. The highest BCUT2D eigenvalue weighted by Gasteiger charge is 2.23. The number of esters is 1. The van der Waals surface area contributed by atoms with Gasteiger partial charge in [0.25, 0.3) is 5.91 Å². The molecule has 0 atom stereocenters. The molecule has 1 aliphatic rings. The Morgan fingerprint density at radius 2 is 1.76 bits per heavy atom. The Bertz CT molecular complexity index is 907. The minimum atomic E-state index is -0.417. The first kappa shape index (κ1) is 20.3. The molecule has 2 heterocycles. The minimum Gasteiger partial charge on any atom is -0.462 e. The number of nitrogens with zero attached hydrogens (tertiary/aromatic N) is 3. The molecule has 1 N–H and O–H groups in total. The smallest absolute Gasteiger partial charge is 0.340 e. The van der Waals surface area contributed by atoms with E-state index in [9.17, 15) is 14.4 Å². The second-order valence-corrected chi connectivity index (χ2v) is 6.65. The summed E-state index contributed by atoms with van der Waals surface area (Å²) >= 11 is 0. The van der Waals surface area contributed by atoms with Crippen LogP contribution in [0.25, 0.3) is 0 Å². The largest absolute Gasteiger partial charge is 0.462 e.